The van der Waals surface area contributed by atoms with Crippen LogP contribution >= 0.6 is 39.1 Å². The zero-order chi connectivity index (χ0) is 25.1. The van der Waals surface area contributed by atoms with Crippen molar-refractivity contribution in [3.8, 4) is 17.1 Å². The fraction of sp³-hybridized carbons (Fsp3) is 0.160. The minimum atomic E-state index is -0.0821. The van der Waals surface area contributed by atoms with E-state index in [4.69, 9.17) is 34.3 Å². The highest BCUT2D eigenvalue weighted by Crippen LogP contribution is 2.36. The summed E-state index contributed by atoms with van der Waals surface area (Å²) in [6, 6.07) is 14.1. The number of aromatic hydroxyl groups is 1. The van der Waals surface area contributed by atoms with Crippen LogP contribution < -0.4 is 11.1 Å². The molecule has 0 aliphatic heterocycles. The zero-order valence-electron chi connectivity index (χ0n) is 18.5. The number of amidine groups is 1. The number of aryl methyl sites for hydroxylation is 1. The number of amides is 1. The maximum atomic E-state index is 12.4. The van der Waals surface area contributed by atoms with Crippen molar-refractivity contribution in [1.29, 1.82) is 5.41 Å². The maximum Gasteiger partial charge on any atom is 0.220 e. The molecule has 0 saturated carbocycles. The van der Waals surface area contributed by atoms with Crippen molar-refractivity contribution >= 4 is 61.9 Å². The average Bonchev–Trinajstić information content (AvgIpc) is 3.24. The van der Waals surface area contributed by atoms with Gasteiger partial charge in [-0.15, -0.1) is 0 Å². The highest BCUT2D eigenvalue weighted by molar-refractivity contribution is 9.10. The van der Waals surface area contributed by atoms with Gasteiger partial charge in [0.1, 0.15) is 17.4 Å². The Morgan fingerprint density at radius 2 is 1.94 bits per heavy atom. The number of H-pyrrole nitrogens is 1. The van der Waals surface area contributed by atoms with Gasteiger partial charge in [-0.2, -0.15) is 0 Å². The van der Waals surface area contributed by atoms with Crippen molar-refractivity contribution in [1.82, 2.24) is 15.3 Å². The van der Waals surface area contributed by atoms with Gasteiger partial charge < -0.3 is 21.1 Å². The molecule has 0 unspecified atom stereocenters. The largest absolute Gasteiger partial charge is 0.506 e. The summed E-state index contributed by atoms with van der Waals surface area (Å²) in [5.41, 5.74) is 9.84. The lowest BCUT2D eigenvalue weighted by Gasteiger charge is -2.10. The van der Waals surface area contributed by atoms with Crippen molar-refractivity contribution in [2.24, 2.45) is 5.73 Å². The second-order valence-corrected chi connectivity index (χ2v) is 9.74. The minimum Gasteiger partial charge on any atom is -0.506 e. The monoisotopic (exact) mass is 573 g/mol. The van der Waals surface area contributed by atoms with Gasteiger partial charge in [0.2, 0.25) is 5.91 Å². The van der Waals surface area contributed by atoms with Gasteiger partial charge in [0.05, 0.1) is 21.1 Å². The number of fused-ring (bicyclic) bond motifs is 1. The lowest BCUT2D eigenvalue weighted by Crippen LogP contribution is -2.25. The molecule has 35 heavy (non-hydrogen) atoms. The van der Waals surface area contributed by atoms with Crippen LogP contribution in [0.4, 0.5) is 0 Å². The number of benzene rings is 3. The summed E-state index contributed by atoms with van der Waals surface area (Å²) in [6.45, 7) is 0.464. The van der Waals surface area contributed by atoms with Crippen LogP contribution in [0.3, 0.4) is 0 Å². The molecule has 0 saturated heterocycles. The summed E-state index contributed by atoms with van der Waals surface area (Å²) in [5, 5.41) is 22.3. The van der Waals surface area contributed by atoms with Crippen molar-refractivity contribution < 1.29 is 9.90 Å². The summed E-state index contributed by atoms with van der Waals surface area (Å²) >= 11 is 15.5. The van der Waals surface area contributed by atoms with E-state index in [0.29, 0.717) is 61.9 Å². The standard InChI is InChI=1S/C25H22BrCl2N5O2/c26-18-10-13(1-6-22(34)31-8-7-14-2-4-16(27)12-19(14)28)9-17(23(18)35)25-32-20-5-3-15(24(29)30)11-21(20)33-25/h2-5,9-12,35H,1,6-8H2,(H3,29,30)(H,31,34)(H,32,33). The van der Waals surface area contributed by atoms with Crippen LogP contribution in [0.1, 0.15) is 23.1 Å². The molecule has 0 aliphatic carbocycles. The number of phenolic OH excluding ortho intramolecular Hbond substituents is 1. The predicted molar refractivity (Wildman–Crippen MR) is 143 cm³/mol. The molecule has 10 heteroatoms. The summed E-state index contributed by atoms with van der Waals surface area (Å²) in [5.74, 6) is 0.403. The number of hydrogen-bond donors (Lipinski definition) is 5. The molecule has 0 atom stereocenters. The highest BCUT2D eigenvalue weighted by Gasteiger charge is 2.15. The first kappa shape index (κ1) is 25.0. The first-order valence-corrected chi connectivity index (χ1v) is 12.3. The number of imidazole rings is 1. The number of aromatic nitrogens is 2. The van der Waals surface area contributed by atoms with Crippen LogP contribution in [0.25, 0.3) is 22.4 Å². The quantitative estimate of drug-likeness (QED) is 0.139. The lowest BCUT2D eigenvalue weighted by molar-refractivity contribution is -0.121. The number of nitrogens with one attached hydrogen (secondary N) is 3. The molecule has 0 aliphatic rings. The van der Waals surface area contributed by atoms with Crippen molar-refractivity contribution in [2.75, 3.05) is 6.54 Å². The molecule has 0 spiro atoms. The lowest BCUT2D eigenvalue weighted by atomic mass is 10.0. The molecule has 0 fully saturated rings. The maximum absolute atomic E-state index is 12.4. The van der Waals surface area contributed by atoms with Crippen LogP contribution in [0, 0.1) is 5.41 Å². The molecule has 6 N–H and O–H groups in total. The highest BCUT2D eigenvalue weighted by atomic mass is 79.9. The van der Waals surface area contributed by atoms with Crippen LogP contribution in [0.15, 0.2) is 53.0 Å². The Balaban J connectivity index is 1.43. The Bertz CT molecular complexity index is 1440. The predicted octanol–water partition coefficient (Wildman–Crippen LogP) is 5.58. The summed E-state index contributed by atoms with van der Waals surface area (Å²) < 4.78 is 0.507. The number of aromatic amines is 1. The van der Waals surface area contributed by atoms with Gasteiger partial charge >= 0.3 is 0 Å². The number of halogens is 3. The van der Waals surface area contributed by atoms with E-state index in [-0.39, 0.29) is 23.9 Å². The van der Waals surface area contributed by atoms with E-state index in [1.54, 1.807) is 36.4 Å². The van der Waals surface area contributed by atoms with E-state index in [0.717, 1.165) is 11.1 Å². The van der Waals surface area contributed by atoms with Crippen LogP contribution in [0.5, 0.6) is 5.75 Å². The second kappa shape index (κ2) is 10.7. The number of nitrogens with zero attached hydrogens (tertiary/aromatic N) is 1. The zero-order valence-corrected chi connectivity index (χ0v) is 21.6. The van der Waals surface area contributed by atoms with Gasteiger partial charge in [-0.25, -0.2) is 4.98 Å². The van der Waals surface area contributed by atoms with Crippen LogP contribution in [0.2, 0.25) is 10.0 Å². The van der Waals surface area contributed by atoms with Crippen molar-refractivity contribution in [3.05, 3.63) is 79.7 Å². The van der Waals surface area contributed by atoms with Crippen LogP contribution in [-0.2, 0) is 17.6 Å². The normalized spacial score (nSPS) is 11.1. The number of rotatable bonds is 8. The Kier molecular flexibility index (Phi) is 7.64. The molecular weight excluding hydrogens is 553 g/mol. The third-order valence-electron chi connectivity index (χ3n) is 5.54. The first-order chi connectivity index (χ1) is 16.7. The van der Waals surface area contributed by atoms with Crippen molar-refractivity contribution in [2.45, 2.75) is 19.3 Å². The molecule has 180 valence electrons. The molecule has 0 bridgehead atoms. The van der Waals surface area contributed by atoms with Gasteiger partial charge in [0.25, 0.3) is 0 Å². The number of hydrogen-bond acceptors (Lipinski definition) is 4. The van der Waals surface area contributed by atoms with E-state index in [1.807, 2.05) is 12.1 Å². The molecular formula is C25H22BrCl2N5O2. The Hall–Kier alpha value is -3.07. The molecule has 7 nitrogen and oxygen atoms in total. The van der Waals surface area contributed by atoms with Gasteiger partial charge in [-0.1, -0.05) is 29.3 Å². The fourth-order valence-electron chi connectivity index (χ4n) is 3.69. The Morgan fingerprint density at radius 3 is 2.69 bits per heavy atom. The number of nitrogen functional groups attached to an aromatic ring is 1. The van der Waals surface area contributed by atoms with Crippen molar-refractivity contribution in [3.63, 3.8) is 0 Å². The van der Waals surface area contributed by atoms with Gasteiger partial charge in [0, 0.05) is 28.6 Å². The topological polar surface area (TPSA) is 128 Å². The number of nitrogens with two attached hydrogens (primary N) is 1. The summed E-state index contributed by atoms with van der Waals surface area (Å²) in [7, 11) is 0. The molecule has 1 aromatic heterocycles. The molecule has 1 heterocycles. The van der Waals surface area contributed by atoms with E-state index < -0.39 is 0 Å². The van der Waals surface area contributed by atoms with E-state index in [9.17, 15) is 9.90 Å². The van der Waals surface area contributed by atoms with Crippen LogP contribution in [-0.4, -0.2) is 33.4 Å². The average molecular weight is 575 g/mol. The molecule has 3 aromatic carbocycles. The van der Waals surface area contributed by atoms with E-state index in [1.165, 1.54) is 0 Å². The molecule has 4 aromatic rings. The summed E-state index contributed by atoms with van der Waals surface area (Å²) in [6.07, 6.45) is 1.37. The molecule has 1 amide bonds. The first-order valence-electron chi connectivity index (χ1n) is 10.8. The number of carbonyl (C=O) groups excluding carboxylic acids is 1. The van der Waals surface area contributed by atoms with Gasteiger partial charge in [-0.3, -0.25) is 10.2 Å². The number of carbonyl (C=O) groups is 1. The molecule has 0 radical (unpaired) electrons. The fourth-order valence-corrected chi connectivity index (χ4v) is 4.70. The Morgan fingerprint density at radius 1 is 1.14 bits per heavy atom. The second-order valence-electron chi connectivity index (χ2n) is 8.04. The third-order valence-corrected chi connectivity index (χ3v) is 6.73. The van der Waals surface area contributed by atoms with E-state index >= 15 is 0 Å². The summed E-state index contributed by atoms with van der Waals surface area (Å²) in [4.78, 5) is 20.1. The molecule has 4 rings (SSSR count). The van der Waals surface area contributed by atoms with Gasteiger partial charge in [0.15, 0.2) is 0 Å². The van der Waals surface area contributed by atoms with Gasteiger partial charge in [-0.05, 0) is 82.4 Å². The van der Waals surface area contributed by atoms with E-state index in [2.05, 4.69) is 31.2 Å². The minimum absolute atomic E-state index is 0.0369. The smallest absolute Gasteiger partial charge is 0.220 e. The SMILES string of the molecule is N=C(N)c1ccc2nc(-c3cc(CCC(=O)NCCc4ccc(Cl)cc4Cl)cc(Br)c3O)[nH]c2c1. The number of phenols is 1. The third kappa shape index (κ3) is 5.96. The Labute approximate surface area is 220 Å².